The van der Waals surface area contributed by atoms with Crippen LogP contribution in [0.1, 0.15) is 26.2 Å². The van der Waals surface area contributed by atoms with Gasteiger partial charge in [0.15, 0.2) is 11.6 Å². The van der Waals surface area contributed by atoms with Crippen molar-refractivity contribution in [1.29, 1.82) is 0 Å². The number of nitrogens with zero attached hydrogens (tertiary/aromatic N) is 1. The number of hydrogen-bond acceptors (Lipinski definition) is 3. The van der Waals surface area contributed by atoms with Crippen LogP contribution >= 0.6 is 0 Å². The van der Waals surface area contributed by atoms with Crippen molar-refractivity contribution in [2.75, 3.05) is 19.7 Å². The molecular formula is C13H19F2NO3S. The van der Waals surface area contributed by atoms with Crippen molar-refractivity contribution in [1.82, 2.24) is 4.31 Å². The third-order valence-electron chi connectivity index (χ3n) is 2.86. The summed E-state index contributed by atoms with van der Waals surface area (Å²) in [5, 5.41) is 8.83. The molecular weight excluding hydrogens is 288 g/mol. The molecule has 1 aromatic carbocycles. The molecule has 0 heterocycles. The normalized spacial score (nSPS) is 12.1. The molecule has 7 heteroatoms. The average molecular weight is 307 g/mol. The predicted octanol–water partition coefficient (Wildman–Crippen LogP) is 2.14. The number of aliphatic hydroxyl groups excluding tert-OH is 1. The Hall–Kier alpha value is -1.05. The summed E-state index contributed by atoms with van der Waals surface area (Å²) < 4.78 is 52.0. The van der Waals surface area contributed by atoms with Crippen LogP contribution in [0.5, 0.6) is 0 Å². The molecule has 0 saturated carbocycles. The highest BCUT2D eigenvalue weighted by Crippen LogP contribution is 2.19. The van der Waals surface area contributed by atoms with Crippen molar-refractivity contribution in [3.8, 4) is 0 Å². The van der Waals surface area contributed by atoms with Crippen molar-refractivity contribution < 1.29 is 22.3 Å². The molecule has 0 unspecified atom stereocenters. The third kappa shape index (κ3) is 4.22. The first-order valence-corrected chi connectivity index (χ1v) is 7.93. The Morgan fingerprint density at radius 1 is 1.15 bits per heavy atom. The van der Waals surface area contributed by atoms with Crippen LogP contribution in [0.2, 0.25) is 0 Å². The zero-order chi connectivity index (χ0) is 15.2. The van der Waals surface area contributed by atoms with Crippen LogP contribution in [0, 0.1) is 11.6 Å². The Balaban J connectivity index is 3.03. The summed E-state index contributed by atoms with van der Waals surface area (Å²) in [7, 11) is -3.87. The predicted molar refractivity (Wildman–Crippen MR) is 71.7 cm³/mol. The Kier molecular flexibility index (Phi) is 6.51. The van der Waals surface area contributed by atoms with Gasteiger partial charge in [0.2, 0.25) is 10.0 Å². The summed E-state index contributed by atoms with van der Waals surface area (Å²) in [6.07, 6.45) is 1.77. The zero-order valence-corrected chi connectivity index (χ0v) is 12.2. The monoisotopic (exact) mass is 307 g/mol. The highest BCUT2D eigenvalue weighted by Gasteiger charge is 2.24. The van der Waals surface area contributed by atoms with Gasteiger partial charge in [-0.3, -0.25) is 0 Å². The van der Waals surface area contributed by atoms with Crippen LogP contribution in [0.4, 0.5) is 8.78 Å². The van der Waals surface area contributed by atoms with Crippen LogP contribution in [0.25, 0.3) is 0 Å². The molecule has 0 aliphatic heterocycles. The fourth-order valence-corrected chi connectivity index (χ4v) is 3.25. The molecule has 1 rings (SSSR count). The summed E-state index contributed by atoms with van der Waals surface area (Å²) in [4.78, 5) is -0.273. The molecule has 0 aromatic heterocycles. The highest BCUT2D eigenvalue weighted by molar-refractivity contribution is 7.89. The molecule has 1 aromatic rings. The van der Waals surface area contributed by atoms with E-state index in [-0.39, 0.29) is 24.6 Å². The van der Waals surface area contributed by atoms with Crippen molar-refractivity contribution in [2.45, 2.75) is 31.1 Å². The van der Waals surface area contributed by atoms with Gasteiger partial charge in [-0.05, 0) is 31.0 Å². The first-order valence-electron chi connectivity index (χ1n) is 6.49. The Morgan fingerprint density at radius 2 is 1.80 bits per heavy atom. The van der Waals surface area contributed by atoms with Gasteiger partial charge in [-0.15, -0.1) is 0 Å². The van der Waals surface area contributed by atoms with Crippen molar-refractivity contribution in [3.05, 3.63) is 29.8 Å². The van der Waals surface area contributed by atoms with Crippen LogP contribution in [0.3, 0.4) is 0 Å². The second-order valence-electron chi connectivity index (χ2n) is 4.41. The molecule has 0 fully saturated rings. The molecule has 0 bridgehead atoms. The minimum Gasteiger partial charge on any atom is -0.396 e. The Morgan fingerprint density at radius 3 is 2.35 bits per heavy atom. The summed E-state index contributed by atoms with van der Waals surface area (Å²) in [6, 6.07) is 2.53. The lowest BCUT2D eigenvalue weighted by atomic mass is 10.3. The molecule has 4 nitrogen and oxygen atoms in total. The van der Waals surface area contributed by atoms with E-state index >= 15 is 0 Å². The number of hydrogen-bond donors (Lipinski definition) is 1. The molecule has 1 N–H and O–H groups in total. The first-order chi connectivity index (χ1) is 9.43. The number of rotatable bonds is 8. The van der Waals surface area contributed by atoms with Gasteiger partial charge in [-0.2, -0.15) is 4.31 Å². The minimum atomic E-state index is -3.87. The van der Waals surface area contributed by atoms with Crippen LogP contribution in [0.15, 0.2) is 23.1 Å². The van der Waals surface area contributed by atoms with E-state index in [1.807, 2.05) is 6.92 Å². The highest BCUT2D eigenvalue weighted by atomic mass is 32.2. The maximum Gasteiger partial charge on any atom is 0.243 e. The van der Waals surface area contributed by atoms with Gasteiger partial charge in [0.1, 0.15) is 0 Å². The molecule has 0 aliphatic carbocycles. The maximum absolute atomic E-state index is 13.2. The second-order valence-corrected chi connectivity index (χ2v) is 6.35. The zero-order valence-electron chi connectivity index (χ0n) is 11.3. The smallest absolute Gasteiger partial charge is 0.243 e. The molecule has 0 amide bonds. The second kappa shape index (κ2) is 7.66. The van der Waals surface area contributed by atoms with Gasteiger partial charge in [0, 0.05) is 19.7 Å². The molecule has 0 atom stereocenters. The maximum atomic E-state index is 13.2. The molecule has 0 aliphatic rings. The Labute approximate surface area is 118 Å². The molecule has 20 heavy (non-hydrogen) atoms. The molecule has 0 spiro atoms. The van der Waals surface area contributed by atoms with Gasteiger partial charge in [0.05, 0.1) is 4.90 Å². The van der Waals surface area contributed by atoms with Gasteiger partial charge < -0.3 is 5.11 Å². The lowest BCUT2D eigenvalue weighted by Crippen LogP contribution is -2.33. The number of benzene rings is 1. The standard InChI is InChI=1S/C13H19F2NO3S/c1-2-3-7-16(8-4-9-17)20(18,19)11-5-6-12(14)13(15)10-11/h5-6,10,17H,2-4,7-9H2,1H3. The van der Waals surface area contributed by atoms with E-state index < -0.39 is 21.7 Å². The molecule has 114 valence electrons. The lowest BCUT2D eigenvalue weighted by molar-refractivity contribution is 0.268. The molecule has 0 saturated heterocycles. The van der Waals surface area contributed by atoms with Gasteiger partial charge in [-0.1, -0.05) is 13.3 Å². The lowest BCUT2D eigenvalue weighted by Gasteiger charge is -2.21. The minimum absolute atomic E-state index is 0.129. The number of sulfonamides is 1. The van der Waals surface area contributed by atoms with Crippen LogP contribution < -0.4 is 0 Å². The van der Waals surface area contributed by atoms with E-state index in [0.717, 1.165) is 18.6 Å². The van der Waals surface area contributed by atoms with E-state index in [4.69, 9.17) is 5.11 Å². The van der Waals surface area contributed by atoms with Gasteiger partial charge >= 0.3 is 0 Å². The summed E-state index contributed by atoms with van der Waals surface area (Å²) >= 11 is 0. The van der Waals surface area contributed by atoms with Gasteiger partial charge in [-0.25, -0.2) is 17.2 Å². The summed E-state index contributed by atoms with van der Waals surface area (Å²) in [5.41, 5.74) is 0. The van der Waals surface area contributed by atoms with E-state index in [2.05, 4.69) is 0 Å². The van der Waals surface area contributed by atoms with Crippen molar-refractivity contribution >= 4 is 10.0 Å². The van der Waals surface area contributed by atoms with Crippen LogP contribution in [-0.4, -0.2) is 37.5 Å². The van der Waals surface area contributed by atoms with Gasteiger partial charge in [0.25, 0.3) is 0 Å². The molecule has 0 radical (unpaired) electrons. The SMILES string of the molecule is CCCCN(CCCO)S(=O)(=O)c1ccc(F)c(F)c1. The van der Waals surface area contributed by atoms with Crippen molar-refractivity contribution in [3.63, 3.8) is 0 Å². The van der Waals surface area contributed by atoms with Crippen molar-refractivity contribution in [2.24, 2.45) is 0 Å². The largest absolute Gasteiger partial charge is 0.396 e. The quantitative estimate of drug-likeness (QED) is 0.800. The first kappa shape index (κ1) is 17.0. The topological polar surface area (TPSA) is 57.6 Å². The number of aliphatic hydroxyl groups is 1. The Bertz CT molecular complexity index is 526. The fraction of sp³-hybridized carbons (Fsp3) is 0.538. The van der Waals surface area contributed by atoms with E-state index in [9.17, 15) is 17.2 Å². The third-order valence-corrected chi connectivity index (χ3v) is 4.75. The summed E-state index contributed by atoms with van der Waals surface area (Å²) in [6.45, 7) is 2.24. The van der Waals surface area contributed by atoms with E-state index in [0.29, 0.717) is 18.9 Å². The average Bonchev–Trinajstić information content (AvgIpc) is 2.41. The number of unbranched alkanes of at least 4 members (excludes halogenated alkanes) is 1. The van der Waals surface area contributed by atoms with Crippen LogP contribution in [-0.2, 0) is 10.0 Å². The van der Waals surface area contributed by atoms with E-state index in [1.54, 1.807) is 0 Å². The number of halogens is 2. The van der Waals surface area contributed by atoms with E-state index in [1.165, 1.54) is 4.31 Å². The summed E-state index contributed by atoms with van der Waals surface area (Å²) in [5.74, 6) is -2.27. The fourth-order valence-electron chi connectivity index (χ4n) is 1.72.